The molecule has 0 radical (unpaired) electrons. The topological polar surface area (TPSA) is 58.2 Å². The normalized spacial score (nSPS) is 32.7. The second-order valence-electron chi connectivity index (χ2n) is 8.50. The van der Waals surface area contributed by atoms with Gasteiger partial charge in [0.05, 0.1) is 0 Å². The van der Waals surface area contributed by atoms with Gasteiger partial charge in [0, 0.05) is 37.4 Å². The number of hydrogen-bond donors (Lipinski definition) is 2. The van der Waals surface area contributed by atoms with Crippen LogP contribution in [-0.2, 0) is 9.59 Å². The van der Waals surface area contributed by atoms with Crippen LogP contribution in [0.2, 0.25) is 0 Å². The molecule has 3 saturated carbocycles. The molecule has 4 rings (SSSR count). The van der Waals surface area contributed by atoms with E-state index in [1.807, 2.05) is 0 Å². The molecule has 2 spiro atoms. The third-order valence-electron chi connectivity index (χ3n) is 6.88. The number of ketones is 1. The number of carbonyl (C=O) groups excluding carboxylic acids is 2. The lowest BCUT2D eigenvalue weighted by Gasteiger charge is -2.45. The Labute approximate surface area is 132 Å². The van der Waals surface area contributed by atoms with Crippen molar-refractivity contribution in [3.63, 3.8) is 0 Å². The molecule has 3 aliphatic carbocycles. The highest BCUT2D eigenvalue weighted by Crippen LogP contribution is 2.50. The molecule has 0 aromatic rings. The summed E-state index contributed by atoms with van der Waals surface area (Å²) in [5.41, 5.74) is 0.725. The summed E-state index contributed by atoms with van der Waals surface area (Å²) in [5.74, 6) is 1.48. The zero-order valence-corrected chi connectivity index (χ0v) is 13.5. The van der Waals surface area contributed by atoms with E-state index < -0.39 is 0 Å². The lowest BCUT2D eigenvalue weighted by Crippen LogP contribution is -2.45. The van der Waals surface area contributed by atoms with Crippen LogP contribution in [0, 0.1) is 17.3 Å². The summed E-state index contributed by atoms with van der Waals surface area (Å²) in [6.45, 7) is 1.91. The van der Waals surface area contributed by atoms with Gasteiger partial charge in [0.1, 0.15) is 5.78 Å². The first kappa shape index (κ1) is 14.7. The van der Waals surface area contributed by atoms with Crippen LogP contribution in [0.15, 0.2) is 0 Å². The van der Waals surface area contributed by atoms with Crippen LogP contribution in [0.5, 0.6) is 0 Å². The first-order valence-corrected chi connectivity index (χ1v) is 9.13. The molecule has 1 atom stereocenters. The third-order valence-corrected chi connectivity index (χ3v) is 6.88. The van der Waals surface area contributed by atoms with Crippen LogP contribution in [0.25, 0.3) is 0 Å². The fraction of sp³-hybridized carbons (Fsp3) is 0.889. The van der Waals surface area contributed by atoms with E-state index >= 15 is 0 Å². The van der Waals surface area contributed by atoms with E-state index in [1.165, 1.54) is 25.7 Å². The maximum Gasteiger partial charge on any atom is 0.223 e. The molecule has 4 fully saturated rings. The number of amides is 1. The van der Waals surface area contributed by atoms with E-state index in [0.29, 0.717) is 22.7 Å². The van der Waals surface area contributed by atoms with Crippen molar-refractivity contribution < 1.29 is 9.59 Å². The van der Waals surface area contributed by atoms with E-state index in [0.717, 1.165) is 51.6 Å². The molecule has 0 aromatic heterocycles. The van der Waals surface area contributed by atoms with Gasteiger partial charge in [0.25, 0.3) is 0 Å². The van der Waals surface area contributed by atoms with Crippen molar-refractivity contribution in [1.82, 2.24) is 10.6 Å². The van der Waals surface area contributed by atoms with Crippen LogP contribution >= 0.6 is 0 Å². The van der Waals surface area contributed by atoms with Crippen molar-refractivity contribution in [3.05, 3.63) is 0 Å². The predicted molar refractivity (Wildman–Crippen MR) is 84.3 cm³/mol. The smallest absolute Gasteiger partial charge is 0.223 e. The zero-order valence-electron chi connectivity index (χ0n) is 13.5. The van der Waals surface area contributed by atoms with Gasteiger partial charge in [-0.1, -0.05) is 0 Å². The Bertz CT molecular complexity index is 465. The molecule has 1 saturated heterocycles. The Morgan fingerprint density at radius 2 is 1.91 bits per heavy atom. The first-order valence-electron chi connectivity index (χ1n) is 9.13. The van der Waals surface area contributed by atoms with Gasteiger partial charge in [-0.25, -0.2) is 0 Å². The van der Waals surface area contributed by atoms with Crippen molar-refractivity contribution in [3.8, 4) is 0 Å². The minimum atomic E-state index is 0.188. The highest BCUT2D eigenvalue weighted by Gasteiger charge is 2.46. The fourth-order valence-electron chi connectivity index (χ4n) is 5.21. The van der Waals surface area contributed by atoms with Crippen LogP contribution < -0.4 is 10.6 Å². The molecule has 4 nitrogen and oxygen atoms in total. The molecular formula is C18H28N2O2. The molecule has 22 heavy (non-hydrogen) atoms. The largest absolute Gasteiger partial charge is 0.356 e. The number of carbonyl (C=O) groups is 2. The molecule has 0 aromatic carbocycles. The van der Waals surface area contributed by atoms with Crippen LogP contribution in [0.3, 0.4) is 0 Å². The summed E-state index contributed by atoms with van der Waals surface area (Å²) >= 11 is 0. The summed E-state index contributed by atoms with van der Waals surface area (Å²) in [4.78, 5) is 23.6. The van der Waals surface area contributed by atoms with E-state index in [9.17, 15) is 9.59 Å². The monoisotopic (exact) mass is 304 g/mol. The van der Waals surface area contributed by atoms with Gasteiger partial charge in [-0.3, -0.25) is 9.59 Å². The summed E-state index contributed by atoms with van der Waals surface area (Å²) in [6.07, 6.45) is 10.9. The zero-order chi connectivity index (χ0) is 15.2. The van der Waals surface area contributed by atoms with Gasteiger partial charge in [0.2, 0.25) is 5.91 Å². The summed E-state index contributed by atoms with van der Waals surface area (Å²) in [6, 6.07) is 0. The highest BCUT2D eigenvalue weighted by molar-refractivity contribution is 5.86. The van der Waals surface area contributed by atoms with Gasteiger partial charge in [-0.05, 0) is 62.7 Å². The average molecular weight is 304 g/mol. The Kier molecular flexibility index (Phi) is 3.55. The van der Waals surface area contributed by atoms with Gasteiger partial charge in [-0.15, -0.1) is 0 Å². The highest BCUT2D eigenvalue weighted by atomic mass is 16.2. The molecule has 1 amide bonds. The maximum atomic E-state index is 12.4. The van der Waals surface area contributed by atoms with Crippen molar-refractivity contribution >= 4 is 11.7 Å². The van der Waals surface area contributed by atoms with E-state index in [-0.39, 0.29) is 11.8 Å². The van der Waals surface area contributed by atoms with Crippen molar-refractivity contribution in [1.29, 1.82) is 0 Å². The molecule has 1 unspecified atom stereocenters. The van der Waals surface area contributed by atoms with Gasteiger partial charge < -0.3 is 10.6 Å². The Balaban J connectivity index is 1.20. The third kappa shape index (κ3) is 2.60. The molecule has 122 valence electrons. The molecular weight excluding hydrogens is 276 g/mol. The van der Waals surface area contributed by atoms with Crippen molar-refractivity contribution in [2.75, 3.05) is 13.1 Å². The minimum absolute atomic E-state index is 0.188. The van der Waals surface area contributed by atoms with Crippen LogP contribution in [0.4, 0.5) is 0 Å². The number of Topliss-reactive ketones (excluding diaryl/α,β-unsaturated/α-hetero) is 1. The minimum Gasteiger partial charge on any atom is -0.356 e. The molecule has 1 aliphatic heterocycles. The molecule has 2 N–H and O–H groups in total. The second kappa shape index (κ2) is 5.33. The number of nitrogens with one attached hydrogen (secondary N) is 2. The van der Waals surface area contributed by atoms with E-state index in [1.54, 1.807) is 0 Å². The SMILES string of the molecule is O=C1CC2(CCC(C(=O)NCC3CNC4(CCC4)C3)CC2)C1. The Hall–Kier alpha value is -0.900. The van der Waals surface area contributed by atoms with Gasteiger partial charge >= 0.3 is 0 Å². The number of hydrogen-bond acceptors (Lipinski definition) is 3. The molecule has 4 heteroatoms. The summed E-state index contributed by atoms with van der Waals surface area (Å²) < 4.78 is 0. The summed E-state index contributed by atoms with van der Waals surface area (Å²) in [5, 5.41) is 6.88. The fourth-order valence-corrected chi connectivity index (χ4v) is 5.21. The molecule has 4 aliphatic rings. The maximum absolute atomic E-state index is 12.4. The predicted octanol–water partition coefficient (Wildman–Crippen LogP) is 2.17. The molecule has 1 heterocycles. The van der Waals surface area contributed by atoms with Crippen molar-refractivity contribution in [2.45, 2.75) is 69.7 Å². The molecule has 0 bridgehead atoms. The first-order chi connectivity index (χ1) is 10.6. The average Bonchev–Trinajstić information content (AvgIpc) is 2.89. The van der Waals surface area contributed by atoms with E-state index in [2.05, 4.69) is 10.6 Å². The lowest BCUT2D eigenvalue weighted by molar-refractivity contribution is -0.136. The lowest BCUT2D eigenvalue weighted by atomic mass is 9.58. The van der Waals surface area contributed by atoms with Crippen LogP contribution in [-0.4, -0.2) is 30.3 Å². The number of rotatable bonds is 3. The standard InChI is InChI=1S/C18H28N2O2/c21-15-9-17(10-15)6-2-14(3-7-17)16(22)19-11-13-8-18(20-12-13)4-1-5-18/h13-14,20H,1-12H2,(H,19,22). The van der Waals surface area contributed by atoms with Crippen molar-refractivity contribution in [2.24, 2.45) is 17.3 Å². The van der Waals surface area contributed by atoms with Crippen LogP contribution in [0.1, 0.15) is 64.2 Å². The Morgan fingerprint density at radius 1 is 1.18 bits per heavy atom. The quantitative estimate of drug-likeness (QED) is 0.840. The van der Waals surface area contributed by atoms with Gasteiger partial charge in [0.15, 0.2) is 0 Å². The summed E-state index contributed by atoms with van der Waals surface area (Å²) in [7, 11) is 0. The van der Waals surface area contributed by atoms with E-state index in [4.69, 9.17) is 0 Å². The Morgan fingerprint density at radius 3 is 2.45 bits per heavy atom. The van der Waals surface area contributed by atoms with Gasteiger partial charge in [-0.2, -0.15) is 0 Å². The second-order valence-corrected chi connectivity index (χ2v) is 8.50.